The Balaban J connectivity index is 2.43. The van der Waals surface area contributed by atoms with Gasteiger partial charge in [0, 0.05) is 19.3 Å². The van der Waals surface area contributed by atoms with Crippen LogP contribution in [0.5, 0.6) is 0 Å². The van der Waals surface area contributed by atoms with Crippen LogP contribution in [-0.2, 0) is 20.9 Å². The van der Waals surface area contributed by atoms with Gasteiger partial charge in [-0.2, -0.15) is 0 Å². The molecule has 0 spiro atoms. The molecule has 0 unspecified atom stereocenters. The van der Waals surface area contributed by atoms with Gasteiger partial charge in [0.2, 0.25) is 5.92 Å². The standard InChI is InChI=1S/C15H25F2NO3S/c1-4-21-13(19)7-8-14(2,3)22(20)18-11-12-5-9-15(16,17)10-6-12/h11-12H,4-10H2,1-3H3/b18-11+/t22-/m0/s1. The number of hydrogen-bond donors (Lipinski definition) is 0. The number of ether oxygens (including phenoxy) is 1. The van der Waals surface area contributed by atoms with Crippen LogP contribution in [0.25, 0.3) is 0 Å². The molecule has 128 valence electrons. The van der Waals surface area contributed by atoms with Gasteiger partial charge in [-0.3, -0.25) is 4.79 Å². The zero-order chi connectivity index (χ0) is 16.8. The molecule has 22 heavy (non-hydrogen) atoms. The van der Waals surface area contributed by atoms with Crippen molar-refractivity contribution >= 4 is 23.5 Å². The van der Waals surface area contributed by atoms with Crippen molar-refractivity contribution in [2.24, 2.45) is 10.3 Å². The lowest BCUT2D eigenvalue weighted by Crippen LogP contribution is -2.32. The van der Waals surface area contributed by atoms with Gasteiger partial charge < -0.3 is 9.29 Å². The van der Waals surface area contributed by atoms with Crippen molar-refractivity contribution < 1.29 is 22.9 Å². The van der Waals surface area contributed by atoms with Crippen molar-refractivity contribution in [2.75, 3.05) is 6.61 Å². The van der Waals surface area contributed by atoms with E-state index in [1.165, 1.54) is 0 Å². The van der Waals surface area contributed by atoms with Crippen LogP contribution in [0.3, 0.4) is 0 Å². The van der Waals surface area contributed by atoms with Crippen molar-refractivity contribution in [2.45, 2.75) is 70.0 Å². The number of halogens is 2. The third-order valence-electron chi connectivity index (χ3n) is 3.84. The van der Waals surface area contributed by atoms with E-state index in [-0.39, 0.29) is 31.1 Å². The Labute approximate surface area is 134 Å². The summed E-state index contributed by atoms with van der Waals surface area (Å²) in [7, 11) is 0. The van der Waals surface area contributed by atoms with E-state index in [1.807, 2.05) is 0 Å². The second-order valence-electron chi connectivity index (χ2n) is 6.26. The maximum absolute atomic E-state index is 13.1. The molecule has 7 heteroatoms. The lowest BCUT2D eigenvalue weighted by Gasteiger charge is -2.26. The molecule has 0 aromatic carbocycles. The highest BCUT2D eigenvalue weighted by atomic mass is 32.2. The van der Waals surface area contributed by atoms with E-state index in [2.05, 4.69) is 4.40 Å². The van der Waals surface area contributed by atoms with E-state index >= 15 is 0 Å². The highest BCUT2D eigenvalue weighted by Crippen LogP contribution is 2.35. The molecule has 0 aliphatic heterocycles. The highest BCUT2D eigenvalue weighted by molar-refractivity contribution is 7.91. The van der Waals surface area contributed by atoms with Crippen molar-refractivity contribution in [3.63, 3.8) is 0 Å². The first-order valence-electron chi connectivity index (χ1n) is 7.66. The quantitative estimate of drug-likeness (QED) is 0.404. The predicted octanol–water partition coefficient (Wildman–Crippen LogP) is 3.67. The molecule has 1 aliphatic carbocycles. The van der Waals surface area contributed by atoms with E-state index in [9.17, 15) is 18.1 Å². The summed E-state index contributed by atoms with van der Waals surface area (Å²) in [6, 6.07) is 0. The van der Waals surface area contributed by atoms with Gasteiger partial charge in [-0.1, -0.05) is 4.40 Å². The van der Waals surface area contributed by atoms with Crippen LogP contribution in [0, 0.1) is 5.92 Å². The Morgan fingerprint density at radius 1 is 1.45 bits per heavy atom. The third kappa shape index (κ3) is 6.60. The molecule has 0 heterocycles. The summed E-state index contributed by atoms with van der Waals surface area (Å²) in [5, 5.41) is 0. The number of alkyl halides is 2. The first kappa shape index (κ1) is 19.4. The van der Waals surface area contributed by atoms with Gasteiger partial charge in [-0.25, -0.2) is 8.78 Å². The zero-order valence-electron chi connectivity index (χ0n) is 13.4. The van der Waals surface area contributed by atoms with E-state index < -0.39 is 22.0 Å². The minimum atomic E-state index is -2.57. The molecule has 0 amide bonds. The lowest BCUT2D eigenvalue weighted by atomic mass is 9.88. The fourth-order valence-electron chi connectivity index (χ4n) is 2.22. The summed E-state index contributed by atoms with van der Waals surface area (Å²) in [5.74, 6) is -2.92. The van der Waals surface area contributed by atoms with Crippen molar-refractivity contribution in [3.8, 4) is 0 Å². The molecule has 0 aromatic rings. The monoisotopic (exact) mass is 337 g/mol. The fraction of sp³-hybridized carbons (Fsp3) is 0.867. The van der Waals surface area contributed by atoms with Crippen LogP contribution in [0.2, 0.25) is 0 Å². The molecular weight excluding hydrogens is 312 g/mol. The minimum absolute atomic E-state index is 0.0376. The molecule has 1 saturated carbocycles. The molecule has 0 bridgehead atoms. The topological polar surface area (TPSA) is 61.7 Å². The molecular formula is C15H25F2NO3S. The van der Waals surface area contributed by atoms with E-state index in [0.29, 0.717) is 25.9 Å². The van der Waals surface area contributed by atoms with Gasteiger partial charge in [-0.05, 0) is 39.5 Å². The van der Waals surface area contributed by atoms with Crippen LogP contribution in [0.15, 0.2) is 4.40 Å². The summed E-state index contributed by atoms with van der Waals surface area (Å²) in [6.45, 7) is 5.61. The molecule has 0 radical (unpaired) electrons. The van der Waals surface area contributed by atoms with Gasteiger partial charge in [0.1, 0.15) is 16.1 Å². The highest BCUT2D eigenvalue weighted by Gasteiger charge is 2.36. The molecule has 1 fully saturated rings. The Morgan fingerprint density at radius 2 is 2.05 bits per heavy atom. The van der Waals surface area contributed by atoms with Gasteiger partial charge in [0.25, 0.3) is 0 Å². The Bertz CT molecular complexity index is 392. The summed E-state index contributed by atoms with van der Waals surface area (Å²) < 4.78 is 46.6. The number of nitrogens with zero attached hydrogens (tertiary/aromatic N) is 1. The van der Waals surface area contributed by atoms with Gasteiger partial charge >= 0.3 is 5.97 Å². The number of carbonyl (C=O) groups excluding carboxylic acids is 1. The van der Waals surface area contributed by atoms with Crippen molar-refractivity contribution in [1.82, 2.24) is 0 Å². The van der Waals surface area contributed by atoms with E-state index in [4.69, 9.17) is 4.74 Å². The summed E-state index contributed by atoms with van der Waals surface area (Å²) in [6.07, 6.45) is 2.62. The number of carbonyl (C=O) groups is 1. The number of rotatable bonds is 7. The average molecular weight is 337 g/mol. The number of esters is 1. The van der Waals surface area contributed by atoms with Crippen LogP contribution in [-0.4, -0.2) is 34.0 Å². The smallest absolute Gasteiger partial charge is 0.305 e. The van der Waals surface area contributed by atoms with Crippen LogP contribution < -0.4 is 0 Å². The fourth-order valence-corrected chi connectivity index (χ4v) is 3.06. The maximum Gasteiger partial charge on any atom is 0.305 e. The Morgan fingerprint density at radius 3 is 2.59 bits per heavy atom. The molecule has 1 rings (SSSR count). The van der Waals surface area contributed by atoms with Crippen molar-refractivity contribution in [3.05, 3.63) is 0 Å². The second kappa shape index (κ2) is 8.24. The SMILES string of the molecule is CCOC(=O)CCC(C)(C)[S@+]([O-])/N=C/C1CCC(F)(F)CC1. The minimum Gasteiger partial charge on any atom is -0.591 e. The second-order valence-corrected chi connectivity index (χ2v) is 8.08. The zero-order valence-corrected chi connectivity index (χ0v) is 14.3. The van der Waals surface area contributed by atoms with Crippen LogP contribution >= 0.6 is 0 Å². The van der Waals surface area contributed by atoms with E-state index in [0.717, 1.165) is 0 Å². The molecule has 0 saturated heterocycles. The summed E-state index contributed by atoms with van der Waals surface area (Å²) in [5.41, 5.74) is 0. The Kier molecular flexibility index (Phi) is 7.25. The average Bonchev–Trinajstić information content (AvgIpc) is 2.44. The van der Waals surface area contributed by atoms with Gasteiger partial charge in [0.05, 0.1) is 19.2 Å². The summed E-state index contributed by atoms with van der Waals surface area (Å²) in [4.78, 5) is 11.3. The third-order valence-corrected chi connectivity index (χ3v) is 5.30. The van der Waals surface area contributed by atoms with Gasteiger partial charge in [-0.15, -0.1) is 0 Å². The van der Waals surface area contributed by atoms with Crippen LogP contribution in [0.4, 0.5) is 8.78 Å². The summed E-state index contributed by atoms with van der Waals surface area (Å²) >= 11 is -1.50. The largest absolute Gasteiger partial charge is 0.591 e. The normalized spacial score (nSPS) is 21.0. The molecule has 1 aliphatic rings. The van der Waals surface area contributed by atoms with E-state index in [1.54, 1.807) is 27.0 Å². The lowest BCUT2D eigenvalue weighted by molar-refractivity contribution is -0.143. The molecule has 0 N–H and O–H groups in total. The molecule has 1 atom stereocenters. The molecule has 0 aromatic heterocycles. The van der Waals surface area contributed by atoms with Gasteiger partial charge in [0.15, 0.2) is 0 Å². The van der Waals surface area contributed by atoms with Crippen LogP contribution in [0.1, 0.15) is 59.3 Å². The first-order valence-corrected chi connectivity index (χ1v) is 8.76. The first-order chi connectivity index (χ1) is 10.2. The molecule has 4 nitrogen and oxygen atoms in total. The number of hydrogen-bond acceptors (Lipinski definition) is 4. The Hall–Kier alpha value is -0.690. The predicted molar refractivity (Wildman–Crippen MR) is 83.5 cm³/mol. The van der Waals surface area contributed by atoms with Crippen molar-refractivity contribution in [1.29, 1.82) is 0 Å². The maximum atomic E-state index is 13.1.